The number of halogens is 1. The molecule has 158 valence electrons. The van der Waals surface area contributed by atoms with Crippen molar-refractivity contribution in [2.45, 2.75) is 20.4 Å². The molecule has 8 heteroatoms. The molecule has 29 heavy (non-hydrogen) atoms. The van der Waals surface area contributed by atoms with E-state index in [-0.39, 0.29) is 36.4 Å². The molecule has 2 aromatic carbocycles. The number of ether oxygens (including phenoxy) is 2. The van der Waals surface area contributed by atoms with Gasteiger partial charge in [0.25, 0.3) is 0 Å². The van der Waals surface area contributed by atoms with E-state index in [0.717, 1.165) is 11.3 Å². The molecule has 0 bridgehead atoms. The average molecular weight is 512 g/mol. The lowest BCUT2D eigenvalue weighted by atomic mass is 10.2. The van der Waals surface area contributed by atoms with Gasteiger partial charge in [-0.15, -0.1) is 24.0 Å². The van der Waals surface area contributed by atoms with Crippen molar-refractivity contribution < 1.29 is 14.3 Å². The Morgan fingerprint density at radius 1 is 1.03 bits per heavy atom. The molecule has 0 aliphatic carbocycles. The SMILES string of the molecule is CCNC(=NCC(=O)NCc1ccccc1)Nc1ccc(OCC)c(OC)c1.I. The number of methoxy groups -OCH3 is 1. The van der Waals surface area contributed by atoms with Gasteiger partial charge in [0.15, 0.2) is 17.5 Å². The molecule has 0 aromatic heterocycles. The number of hydrogen-bond acceptors (Lipinski definition) is 4. The zero-order chi connectivity index (χ0) is 20.2. The maximum Gasteiger partial charge on any atom is 0.242 e. The van der Waals surface area contributed by atoms with Crippen molar-refractivity contribution >= 4 is 41.5 Å². The van der Waals surface area contributed by atoms with Gasteiger partial charge in [0.2, 0.25) is 5.91 Å². The van der Waals surface area contributed by atoms with Gasteiger partial charge in [-0.2, -0.15) is 0 Å². The Hall–Kier alpha value is -2.49. The third kappa shape index (κ3) is 8.59. The molecule has 7 nitrogen and oxygen atoms in total. The van der Waals surface area contributed by atoms with Crippen LogP contribution in [0.15, 0.2) is 53.5 Å². The summed E-state index contributed by atoms with van der Waals surface area (Å²) in [6, 6.07) is 15.3. The molecule has 0 radical (unpaired) electrons. The molecule has 0 fully saturated rings. The van der Waals surface area contributed by atoms with E-state index in [4.69, 9.17) is 9.47 Å². The summed E-state index contributed by atoms with van der Waals surface area (Å²) in [4.78, 5) is 16.4. The summed E-state index contributed by atoms with van der Waals surface area (Å²) in [6.45, 7) is 5.62. The normalized spacial score (nSPS) is 10.5. The van der Waals surface area contributed by atoms with Crippen LogP contribution in [0.25, 0.3) is 0 Å². The summed E-state index contributed by atoms with van der Waals surface area (Å²) in [6.07, 6.45) is 0. The van der Waals surface area contributed by atoms with Gasteiger partial charge in [-0.3, -0.25) is 4.79 Å². The van der Waals surface area contributed by atoms with E-state index in [0.29, 0.717) is 37.2 Å². The lowest BCUT2D eigenvalue weighted by Gasteiger charge is -2.14. The van der Waals surface area contributed by atoms with Crippen molar-refractivity contribution in [2.75, 3.05) is 32.1 Å². The Balaban J connectivity index is 0.00000420. The molecule has 2 aromatic rings. The van der Waals surface area contributed by atoms with Crippen molar-refractivity contribution in [2.24, 2.45) is 4.99 Å². The first-order valence-corrected chi connectivity index (χ1v) is 9.33. The second kappa shape index (κ2) is 13.6. The van der Waals surface area contributed by atoms with Crippen molar-refractivity contribution in [1.29, 1.82) is 0 Å². The quantitative estimate of drug-likeness (QED) is 0.273. The molecule has 0 spiro atoms. The van der Waals surface area contributed by atoms with Crippen LogP contribution < -0.4 is 25.4 Å². The minimum absolute atomic E-state index is 0. The molecule has 0 aliphatic heterocycles. The third-order valence-corrected chi connectivity index (χ3v) is 3.78. The van der Waals surface area contributed by atoms with Crippen LogP contribution in [0.3, 0.4) is 0 Å². The fourth-order valence-corrected chi connectivity index (χ4v) is 2.47. The Kier molecular flexibility index (Phi) is 11.6. The lowest BCUT2D eigenvalue weighted by molar-refractivity contribution is -0.119. The van der Waals surface area contributed by atoms with Crippen molar-refractivity contribution in [3.8, 4) is 11.5 Å². The molecule has 0 atom stereocenters. The van der Waals surface area contributed by atoms with Crippen molar-refractivity contribution in [3.05, 3.63) is 54.1 Å². The van der Waals surface area contributed by atoms with Crippen LogP contribution in [0.5, 0.6) is 11.5 Å². The first kappa shape index (κ1) is 24.5. The van der Waals surface area contributed by atoms with E-state index in [1.165, 1.54) is 0 Å². The summed E-state index contributed by atoms with van der Waals surface area (Å²) in [5.74, 6) is 1.68. The van der Waals surface area contributed by atoms with Gasteiger partial charge in [0, 0.05) is 24.8 Å². The molecule has 0 heterocycles. The number of guanidine groups is 1. The molecule has 3 N–H and O–H groups in total. The first-order chi connectivity index (χ1) is 13.7. The summed E-state index contributed by atoms with van der Waals surface area (Å²) in [5.41, 5.74) is 1.83. The lowest BCUT2D eigenvalue weighted by Crippen LogP contribution is -2.33. The number of rotatable bonds is 9. The molecule has 0 aliphatic rings. The van der Waals surface area contributed by atoms with Crippen LogP contribution in [0.2, 0.25) is 0 Å². The van der Waals surface area contributed by atoms with Gasteiger partial charge in [-0.05, 0) is 31.5 Å². The van der Waals surface area contributed by atoms with E-state index in [1.54, 1.807) is 7.11 Å². The summed E-state index contributed by atoms with van der Waals surface area (Å²) < 4.78 is 10.9. The van der Waals surface area contributed by atoms with Gasteiger partial charge < -0.3 is 25.4 Å². The van der Waals surface area contributed by atoms with E-state index in [1.807, 2.05) is 62.4 Å². The number of carbonyl (C=O) groups excluding carboxylic acids is 1. The molecule has 0 unspecified atom stereocenters. The molecule has 1 amide bonds. The summed E-state index contributed by atoms with van der Waals surface area (Å²) in [5, 5.41) is 9.16. The van der Waals surface area contributed by atoms with Crippen molar-refractivity contribution in [1.82, 2.24) is 10.6 Å². The van der Waals surface area contributed by atoms with Gasteiger partial charge in [-0.25, -0.2) is 4.99 Å². The first-order valence-electron chi connectivity index (χ1n) is 9.33. The Bertz CT molecular complexity index is 785. The fourth-order valence-electron chi connectivity index (χ4n) is 2.47. The number of nitrogens with zero attached hydrogens (tertiary/aromatic N) is 1. The maximum absolute atomic E-state index is 12.1. The zero-order valence-electron chi connectivity index (χ0n) is 17.0. The second-order valence-electron chi connectivity index (χ2n) is 5.88. The smallest absolute Gasteiger partial charge is 0.242 e. The van der Waals surface area contributed by atoms with E-state index < -0.39 is 0 Å². The highest BCUT2D eigenvalue weighted by Gasteiger charge is 2.08. The number of carbonyl (C=O) groups is 1. The number of amides is 1. The number of anilines is 1. The fraction of sp³-hybridized carbons (Fsp3) is 0.333. The standard InChI is InChI=1S/C21H28N4O3.HI/c1-4-22-21(24-15-20(26)23-14-16-9-7-6-8-10-16)25-17-11-12-18(28-5-2)19(13-17)27-3;/h6-13H,4-5,14-15H2,1-3H3,(H,23,26)(H2,22,24,25);1H. The van der Waals surface area contributed by atoms with E-state index in [2.05, 4.69) is 20.9 Å². The number of nitrogens with one attached hydrogen (secondary N) is 3. The molecule has 0 saturated heterocycles. The second-order valence-corrected chi connectivity index (χ2v) is 5.88. The monoisotopic (exact) mass is 512 g/mol. The summed E-state index contributed by atoms with van der Waals surface area (Å²) >= 11 is 0. The topological polar surface area (TPSA) is 84.0 Å². The molecular formula is C21H29IN4O3. The number of hydrogen-bond donors (Lipinski definition) is 3. The van der Waals surface area contributed by atoms with Gasteiger partial charge >= 0.3 is 0 Å². The largest absolute Gasteiger partial charge is 0.493 e. The van der Waals surface area contributed by atoms with Gasteiger partial charge in [-0.1, -0.05) is 30.3 Å². The van der Waals surface area contributed by atoms with Crippen LogP contribution in [-0.2, 0) is 11.3 Å². The molecule has 2 rings (SSSR count). The highest BCUT2D eigenvalue weighted by molar-refractivity contribution is 14.0. The zero-order valence-corrected chi connectivity index (χ0v) is 19.4. The number of benzene rings is 2. The van der Waals surface area contributed by atoms with Crippen LogP contribution >= 0.6 is 24.0 Å². The van der Waals surface area contributed by atoms with Crippen LogP contribution in [0, 0.1) is 0 Å². The Labute approximate surface area is 189 Å². The highest BCUT2D eigenvalue weighted by Crippen LogP contribution is 2.30. The minimum atomic E-state index is -0.148. The highest BCUT2D eigenvalue weighted by atomic mass is 127. The Morgan fingerprint density at radius 2 is 1.79 bits per heavy atom. The molecule has 0 saturated carbocycles. The number of aliphatic imine (C=N–C) groups is 1. The van der Waals surface area contributed by atoms with Crippen LogP contribution in [0.1, 0.15) is 19.4 Å². The van der Waals surface area contributed by atoms with E-state index in [9.17, 15) is 4.79 Å². The maximum atomic E-state index is 12.1. The van der Waals surface area contributed by atoms with Crippen LogP contribution in [0.4, 0.5) is 5.69 Å². The van der Waals surface area contributed by atoms with Gasteiger partial charge in [0.1, 0.15) is 6.54 Å². The van der Waals surface area contributed by atoms with E-state index >= 15 is 0 Å². The van der Waals surface area contributed by atoms with Gasteiger partial charge in [0.05, 0.1) is 13.7 Å². The van der Waals surface area contributed by atoms with Crippen LogP contribution in [-0.4, -0.2) is 38.7 Å². The minimum Gasteiger partial charge on any atom is -0.493 e. The predicted molar refractivity (Wildman–Crippen MR) is 127 cm³/mol. The molecular weight excluding hydrogens is 483 g/mol. The Morgan fingerprint density at radius 3 is 2.45 bits per heavy atom. The van der Waals surface area contributed by atoms with Crippen molar-refractivity contribution in [3.63, 3.8) is 0 Å². The third-order valence-electron chi connectivity index (χ3n) is 3.78. The average Bonchev–Trinajstić information content (AvgIpc) is 2.72. The summed E-state index contributed by atoms with van der Waals surface area (Å²) in [7, 11) is 1.60. The predicted octanol–water partition coefficient (Wildman–Crippen LogP) is 3.41.